The Balaban J connectivity index is 0.000000567. The topological polar surface area (TPSA) is 64.9 Å². The number of hydrogen-bond acceptors (Lipinski definition) is 4. The predicted octanol–water partition coefficient (Wildman–Crippen LogP) is 4.63. The van der Waals surface area contributed by atoms with Gasteiger partial charge in [0.05, 0.1) is 5.57 Å². The van der Waals surface area contributed by atoms with Gasteiger partial charge in [-0.05, 0) is 33.1 Å². The van der Waals surface area contributed by atoms with Crippen LogP contribution in [0.3, 0.4) is 0 Å². The zero-order chi connectivity index (χ0) is 23.2. The Morgan fingerprint density at radius 2 is 1.80 bits per heavy atom. The molecule has 0 unspecified atom stereocenters. The number of carbonyl (C=O) groups is 1. The van der Waals surface area contributed by atoms with Crippen LogP contribution in [0.5, 0.6) is 0 Å². The van der Waals surface area contributed by atoms with Crippen LogP contribution in [0.2, 0.25) is 0 Å². The van der Waals surface area contributed by atoms with Crippen molar-refractivity contribution in [3.63, 3.8) is 0 Å². The van der Waals surface area contributed by atoms with Crippen LogP contribution in [-0.4, -0.2) is 60.1 Å². The van der Waals surface area contributed by atoms with Crippen LogP contribution < -0.4 is 5.32 Å². The SMILES string of the molecule is CCCCCN(CCC)C(=O)C1(O)CNC1.C\C=C(/C=N/C(C)=C/CC)C(F)(F)F. The van der Waals surface area contributed by atoms with Gasteiger partial charge in [0, 0.05) is 38.1 Å². The van der Waals surface area contributed by atoms with Gasteiger partial charge in [-0.25, -0.2) is 0 Å². The van der Waals surface area contributed by atoms with Gasteiger partial charge in [-0.15, -0.1) is 0 Å². The molecule has 2 N–H and O–H groups in total. The number of carbonyl (C=O) groups excluding carboxylic acids is 1. The molecule has 1 fully saturated rings. The maximum absolute atomic E-state index is 12.2. The van der Waals surface area contributed by atoms with E-state index in [4.69, 9.17) is 0 Å². The third kappa shape index (κ3) is 10.4. The number of nitrogens with zero attached hydrogens (tertiary/aromatic N) is 2. The highest BCUT2D eigenvalue weighted by molar-refractivity contribution is 5.86. The lowest BCUT2D eigenvalue weighted by Gasteiger charge is -2.39. The number of nitrogens with one attached hydrogen (secondary N) is 1. The summed E-state index contributed by atoms with van der Waals surface area (Å²) < 4.78 is 36.5. The first kappa shape index (κ1) is 28.3. The van der Waals surface area contributed by atoms with Gasteiger partial charge in [0.1, 0.15) is 0 Å². The van der Waals surface area contributed by atoms with Gasteiger partial charge in [-0.3, -0.25) is 9.79 Å². The molecule has 8 heteroatoms. The first-order valence-electron chi connectivity index (χ1n) is 10.7. The summed E-state index contributed by atoms with van der Waals surface area (Å²) in [4.78, 5) is 17.6. The molecule has 174 valence electrons. The molecule has 0 aromatic rings. The molecule has 1 heterocycles. The molecule has 1 saturated heterocycles. The first-order chi connectivity index (χ1) is 14.1. The predicted molar refractivity (Wildman–Crippen MR) is 117 cm³/mol. The Hall–Kier alpha value is -1.67. The standard InChI is InChI=1S/C12H24N2O2.C10H14F3N/c1-3-5-6-8-14(7-4-2)11(15)12(16)9-13-10-12;1-4-6-8(3)14-7-9(5-2)10(11,12)13/h13,16H,3-10H2,1-2H3;5-7H,4H2,1-3H3/b;8-6+,9-5+,14-7+. The summed E-state index contributed by atoms with van der Waals surface area (Å²) in [5.74, 6) is -0.0933. The van der Waals surface area contributed by atoms with Crippen LogP contribution in [0, 0.1) is 0 Å². The molecule has 0 spiro atoms. The number of unbranched alkanes of at least 4 members (excludes halogenated alkanes) is 2. The molecule has 5 nitrogen and oxygen atoms in total. The van der Waals surface area contributed by atoms with E-state index in [0.717, 1.165) is 57.5 Å². The summed E-state index contributed by atoms with van der Waals surface area (Å²) in [5, 5.41) is 12.9. The van der Waals surface area contributed by atoms with E-state index in [-0.39, 0.29) is 5.91 Å². The zero-order valence-electron chi connectivity index (χ0n) is 19.0. The number of amides is 1. The number of aliphatic imine (C=N–C) groups is 1. The van der Waals surface area contributed by atoms with Crippen LogP contribution in [0.25, 0.3) is 0 Å². The maximum Gasteiger partial charge on any atom is 0.417 e. The Labute approximate surface area is 179 Å². The molecular weight excluding hydrogens is 395 g/mol. The monoisotopic (exact) mass is 433 g/mol. The van der Waals surface area contributed by atoms with E-state index in [1.807, 2.05) is 11.8 Å². The van der Waals surface area contributed by atoms with Crippen molar-refractivity contribution in [2.24, 2.45) is 4.99 Å². The molecule has 0 aromatic carbocycles. The van der Waals surface area contributed by atoms with Crippen molar-refractivity contribution in [1.29, 1.82) is 0 Å². The summed E-state index contributed by atoms with van der Waals surface area (Å²) >= 11 is 0. The van der Waals surface area contributed by atoms with Crippen molar-refractivity contribution in [3.8, 4) is 0 Å². The Morgan fingerprint density at radius 1 is 1.17 bits per heavy atom. The summed E-state index contributed by atoms with van der Waals surface area (Å²) in [6.45, 7) is 11.5. The normalized spacial score (nSPS) is 16.7. The second-order valence-corrected chi connectivity index (χ2v) is 7.39. The average Bonchev–Trinajstić information content (AvgIpc) is 2.65. The van der Waals surface area contributed by atoms with Gasteiger partial charge in [0.15, 0.2) is 5.60 Å². The highest BCUT2D eigenvalue weighted by Crippen LogP contribution is 2.24. The lowest BCUT2D eigenvalue weighted by molar-refractivity contribution is -0.156. The van der Waals surface area contributed by atoms with E-state index < -0.39 is 17.4 Å². The lowest BCUT2D eigenvalue weighted by Crippen LogP contribution is -2.67. The molecular formula is C22H38F3N3O2. The summed E-state index contributed by atoms with van der Waals surface area (Å²) in [6, 6.07) is 0. The molecule has 0 atom stereocenters. The fraction of sp³-hybridized carbons (Fsp3) is 0.727. The number of halogens is 3. The van der Waals surface area contributed by atoms with Crippen molar-refractivity contribution in [3.05, 3.63) is 23.4 Å². The van der Waals surface area contributed by atoms with Crippen LogP contribution in [0.15, 0.2) is 28.4 Å². The minimum absolute atomic E-state index is 0.0933. The van der Waals surface area contributed by atoms with Crippen LogP contribution in [-0.2, 0) is 4.79 Å². The van der Waals surface area contributed by atoms with E-state index in [2.05, 4.69) is 24.2 Å². The van der Waals surface area contributed by atoms with Gasteiger partial charge >= 0.3 is 6.18 Å². The third-order valence-electron chi connectivity index (χ3n) is 4.59. The number of aliphatic hydroxyl groups is 1. The maximum atomic E-state index is 12.2. The molecule has 0 saturated carbocycles. The quantitative estimate of drug-likeness (QED) is 0.390. The van der Waals surface area contributed by atoms with E-state index in [1.165, 1.54) is 6.92 Å². The van der Waals surface area contributed by atoms with E-state index in [1.54, 1.807) is 13.0 Å². The Morgan fingerprint density at radius 3 is 2.20 bits per heavy atom. The van der Waals surface area contributed by atoms with Crippen molar-refractivity contribution in [2.75, 3.05) is 26.2 Å². The lowest BCUT2D eigenvalue weighted by atomic mass is 9.95. The number of hydrogen-bond donors (Lipinski definition) is 2. The molecule has 0 aromatic heterocycles. The zero-order valence-corrected chi connectivity index (χ0v) is 19.0. The molecule has 1 aliphatic heterocycles. The smallest absolute Gasteiger partial charge is 0.377 e. The third-order valence-corrected chi connectivity index (χ3v) is 4.59. The minimum Gasteiger partial charge on any atom is -0.377 e. The fourth-order valence-corrected chi connectivity index (χ4v) is 2.78. The summed E-state index contributed by atoms with van der Waals surface area (Å²) in [6.07, 6.45) is 4.34. The molecule has 1 aliphatic rings. The Bertz CT molecular complexity index is 595. The summed E-state index contributed by atoms with van der Waals surface area (Å²) in [7, 11) is 0. The molecule has 30 heavy (non-hydrogen) atoms. The van der Waals surface area contributed by atoms with E-state index in [0.29, 0.717) is 18.8 Å². The van der Waals surface area contributed by atoms with E-state index in [9.17, 15) is 23.1 Å². The van der Waals surface area contributed by atoms with Crippen molar-refractivity contribution in [2.45, 2.75) is 78.5 Å². The summed E-state index contributed by atoms with van der Waals surface area (Å²) in [5.41, 5.74) is -1.25. The molecule has 0 radical (unpaired) electrons. The average molecular weight is 434 g/mol. The largest absolute Gasteiger partial charge is 0.417 e. The van der Waals surface area contributed by atoms with Crippen molar-refractivity contribution in [1.82, 2.24) is 10.2 Å². The van der Waals surface area contributed by atoms with Crippen LogP contribution in [0.4, 0.5) is 13.2 Å². The van der Waals surface area contributed by atoms with Crippen molar-refractivity contribution >= 4 is 12.1 Å². The second kappa shape index (κ2) is 14.4. The molecule has 0 aliphatic carbocycles. The molecule has 0 bridgehead atoms. The van der Waals surface area contributed by atoms with Gasteiger partial charge in [-0.2, -0.15) is 13.2 Å². The minimum atomic E-state index is -4.31. The van der Waals surface area contributed by atoms with Gasteiger partial charge < -0.3 is 15.3 Å². The number of alkyl halides is 3. The van der Waals surface area contributed by atoms with Crippen LogP contribution >= 0.6 is 0 Å². The molecule has 1 rings (SSSR count). The number of β-amino-alcohol motifs (C(OH)–C–C–N with tert-alkyl or cyclic N) is 1. The van der Waals surface area contributed by atoms with E-state index >= 15 is 0 Å². The van der Waals surface area contributed by atoms with Gasteiger partial charge in [0.25, 0.3) is 5.91 Å². The number of rotatable bonds is 10. The van der Waals surface area contributed by atoms with Crippen molar-refractivity contribution < 1.29 is 23.1 Å². The van der Waals surface area contributed by atoms with Gasteiger partial charge in [0.2, 0.25) is 0 Å². The first-order valence-corrected chi connectivity index (χ1v) is 10.7. The highest BCUT2D eigenvalue weighted by Gasteiger charge is 2.44. The highest BCUT2D eigenvalue weighted by atomic mass is 19.4. The second-order valence-electron chi connectivity index (χ2n) is 7.39. The number of allylic oxidation sites excluding steroid dienone is 4. The Kier molecular flexibility index (Phi) is 13.6. The van der Waals surface area contributed by atoms with Gasteiger partial charge in [-0.1, -0.05) is 45.8 Å². The van der Waals surface area contributed by atoms with Crippen LogP contribution in [0.1, 0.15) is 66.7 Å². The fourth-order valence-electron chi connectivity index (χ4n) is 2.78. The molecule has 1 amide bonds.